The Labute approximate surface area is 126 Å². The number of aromatic nitrogens is 3. The van der Waals surface area contributed by atoms with Gasteiger partial charge in [-0.3, -0.25) is 0 Å². The minimum absolute atomic E-state index is 0.0460. The summed E-state index contributed by atoms with van der Waals surface area (Å²) < 4.78 is 2.16. The first kappa shape index (κ1) is 15.0. The fourth-order valence-corrected chi connectivity index (χ4v) is 2.67. The minimum Gasteiger partial charge on any atom is -0.309 e. The van der Waals surface area contributed by atoms with Crippen LogP contribution in [0.25, 0.3) is 0 Å². The van der Waals surface area contributed by atoms with E-state index in [-0.39, 0.29) is 5.54 Å². The van der Waals surface area contributed by atoms with Gasteiger partial charge in [0.15, 0.2) is 0 Å². The zero-order valence-corrected chi connectivity index (χ0v) is 13.4. The Balaban J connectivity index is 2.20. The number of hydrogen-bond acceptors (Lipinski definition) is 2. The Morgan fingerprint density at radius 1 is 1.10 bits per heavy atom. The molecule has 1 aromatic heterocycles. The lowest BCUT2D eigenvalue weighted by Gasteiger charge is -2.24. The predicted molar refractivity (Wildman–Crippen MR) is 83.2 cm³/mol. The van der Waals surface area contributed by atoms with Crippen molar-refractivity contribution in [2.75, 3.05) is 0 Å². The average molecular weight is 292 g/mol. The van der Waals surface area contributed by atoms with Crippen molar-refractivity contribution in [1.82, 2.24) is 14.8 Å². The van der Waals surface area contributed by atoms with Gasteiger partial charge in [-0.1, -0.05) is 29.8 Å². The Morgan fingerprint density at radius 2 is 1.80 bits per heavy atom. The van der Waals surface area contributed by atoms with Crippen molar-refractivity contribution in [2.45, 2.75) is 52.0 Å². The monoisotopic (exact) mass is 291 g/mol. The largest absolute Gasteiger partial charge is 0.309 e. The van der Waals surface area contributed by atoms with E-state index in [1.165, 1.54) is 11.1 Å². The second kappa shape index (κ2) is 5.96. The summed E-state index contributed by atoms with van der Waals surface area (Å²) in [6, 6.07) is 8.60. The summed E-state index contributed by atoms with van der Waals surface area (Å²) in [7, 11) is 0. The molecule has 108 valence electrons. The molecule has 0 aliphatic rings. The lowest BCUT2D eigenvalue weighted by atomic mass is 10.1. The lowest BCUT2D eigenvalue weighted by Crippen LogP contribution is -2.26. The number of nitrogens with zero attached hydrogens (tertiary/aromatic N) is 3. The maximum atomic E-state index is 5.97. The number of alkyl halides is 1. The molecule has 20 heavy (non-hydrogen) atoms. The molecule has 2 rings (SSSR count). The van der Waals surface area contributed by atoms with Crippen molar-refractivity contribution in [3.63, 3.8) is 0 Å². The molecule has 4 heteroatoms. The number of hydrogen-bond donors (Lipinski definition) is 0. The maximum Gasteiger partial charge on any atom is 0.148 e. The highest BCUT2D eigenvalue weighted by molar-refractivity contribution is 6.16. The highest BCUT2D eigenvalue weighted by atomic mass is 35.5. The van der Waals surface area contributed by atoms with Crippen LogP contribution in [0.1, 0.15) is 43.5 Å². The molecule has 0 unspecified atom stereocenters. The van der Waals surface area contributed by atoms with Crippen LogP contribution >= 0.6 is 11.6 Å². The molecule has 0 fully saturated rings. The van der Waals surface area contributed by atoms with Gasteiger partial charge in [0.05, 0.1) is 5.88 Å². The second-order valence-electron chi connectivity index (χ2n) is 6.16. The lowest BCUT2D eigenvalue weighted by molar-refractivity contribution is 0.372. The number of halogens is 1. The molecule has 0 atom stereocenters. The number of benzene rings is 1. The van der Waals surface area contributed by atoms with Crippen LogP contribution in [0.3, 0.4) is 0 Å². The molecule has 2 aromatic rings. The third kappa shape index (κ3) is 3.40. The van der Waals surface area contributed by atoms with E-state index in [1.54, 1.807) is 0 Å². The third-order valence-electron chi connectivity index (χ3n) is 3.31. The Kier molecular flexibility index (Phi) is 4.48. The molecular formula is C16H22ClN3. The van der Waals surface area contributed by atoms with Crippen molar-refractivity contribution in [1.29, 1.82) is 0 Å². The Morgan fingerprint density at radius 3 is 2.40 bits per heavy atom. The van der Waals surface area contributed by atoms with Crippen molar-refractivity contribution in [2.24, 2.45) is 0 Å². The molecule has 0 radical (unpaired) electrons. The van der Waals surface area contributed by atoms with Gasteiger partial charge < -0.3 is 4.57 Å². The van der Waals surface area contributed by atoms with Gasteiger partial charge in [-0.15, -0.1) is 21.8 Å². The van der Waals surface area contributed by atoms with Crippen molar-refractivity contribution < 1.29 is 0 Å². The van der Waals surface area contributed by atoms with Gasteiger partial charge in [-0.05, 0) is 39.7 Å². The first-order chi connectivity index (χ1) is 9.41. The standard InChI is InChI=1S/C16H22ClN3/c1-12-6-5-7-13(10-12)8-9-14-18-19-15(11-17)20(14)16(2,3)4/h5-7,10H,8-9,11H2,1-4H3. The molecule has 0 bridgehead atoms. The molecule has 1 heterocycles. The molecule has 0 saturated carbocycles. The zero-order valence-electron chi connectivity index (χ0n) is 12.7. The molecular weight excluding hydrogens is 270 g/mol. The summed E-state index contributed by atoms with van der Waals surface area (Å²) >= 11 is 5.97. The van der Waals surface area contributed by atoms with Crippen molar-refractivity contribution in [3.05, 3.63) is 47.0 Å². The van der Waals surface area contributed by atoms with Crippen molar-refractivity contribution in [3.8, 4) is 0 Å². The van der Waals surface area contributed by atoms with Crippen LogP contribution in [-0.4, -0.2) is 14.8 Å². The van der Waals surface area contributed by atoms with Crippen LogP contribution in [0.2, 0.25) is 0 Å². The second-order valence-corrected chi connectivity index (χ2v) is 6.43. The van der Waals surface area contributed by atoms with E-state index in [1.807, 2.05) is 0 Å². The third-order valence-corrected chi connectivity index (χ3v) is 3.55. The minimum atomic E-state index is -0.0460. The van der Waals surface area contributed by atoms with Gasteiger partial charge >= 0.3 is 0 Å². The summed E-state index contributed by atoms with van der Waals surface area (Å²) in [4.78, 5) is 0. The van der Waals surface area contributed by atoms with Crippen LogP contribution in [0.4, 0.5) is 0 Å². The number of aryl methyl sites for hydroxylation is 3. The quantitative estimate of drug-likeness (QED) is 0.801. The fourth-order valence-electron chi connectivity index (χ4n) is 2.50. The predicted octanol–water partition coefficient (Wildman–Crippen LogP) is 3.87. The maximum absolute atomic E-state index is 5.97. The topological polar surface area (TPSA) is 30.7 Å². The molecule has 0 N–H and O–H groups in total. The molecule has 0 aliphatic heterocycles. The van der Waals surface area contributed by atoms with E-state index >= 15 is 0 Å². The van der Waals surface area contributed by atoms with E-state index < -0.39 is 0 Å². The van der Waals surface area contributed by atoms with Crippen molar-refractivity contribution >= 4 is 11.6 Å². The summed E-state index contributed by atoms with van der Waals surface area (Å²) in [6.07, 6.45) is 1.85. The number of rotatable bonds is 4. The van der Waals surface area contributed by atoms with Crippen LogP contribution in [0, 0.1) is 6.92 Å². The fraction of sp³-hybridized carbons (Fsp3) is 0.500. The summed E-state index contributed by atoms with van der Waals surface area (Å²) in [6.45, 7) is 8.58. The Bertz CT molecular complexity index is 582. The van der Waals surface area contributed by atoms with Crippen LogP contribution in [-0.2, 0) is 24.3 Å². The van der Waals surface area contributed by atoms with Gasteiger partial charge in [0.2, 0.25) is 0 Å². The van der Waals surface area contributed by atoms with Gasteiger partial charge in [0.1, 0.15) is 11.6 Å². The van der Waals surface area contributed by atoms with Crippen LogP contribution in [0.5, 0.6) is 0 Å². The normalized spacial score (nSPS) is 11.8. The molecule has 0 amide bonds. The molecule has 0 saturated heterocycles. The van der Waals surface area contributed by atoms with Gasteiger partial charge in [-0.25, -0.2) is 0 Å². The summed E-state index contributed by atoms with van der Waals surface area (Å²) in [5, 5.41) is 8.53. The average Bonchev–Trinajstić information content (AvgIpc) is 2.79. The van der Waals surface area contributed by atoms with E-state index in [4.69, 9.17) is 11.6 Å². The van der Waals surface area contributed by atoms with E-state index in [2.05, 4.69) is 66.7 Å². The summed E-state index contributed by atoms with van der Waals surface area (Å²) in [5.74, 6) is 2.25. The van der Waals surface area contributed by atoms with Crippen LogP contribution in [0.15, 0.2) is 24.3 Å². The molecule has 1 aromatic carbocycles. The van der Waals surface area contributed by atoms with E-state index in [0.717, 1.165) is 24.5 Å². The Hall–Kier alpha value is -1.35. The molecule has 0 spiro atoms. The highest BCUT2D eigenvalue weighted by Gasteiger charge is 2.22. The summed E-state index contributed by atoms with van der Waals surface area (Å²) in [5.41, 5.74) is 2.58. The zero-order chi connectivity index (χ0) is 14.8. The van der Waals surface area contributed by atoms with Gasteiger partial charge in [-0.2, -0.15) is 0 Å². The van der Waals surface area contributed by atoms with Gasteiger partial charge in [0, 0.05) is 12.0 Å². The SMILES string of the molecule is Cc1cccc(CCc2nnc(CCl)n2C(C)(C)C)c1. The van der Waals surface area contributed by atoms with Gasteiger partial charge in [0.25, 0.3) is 0 Å². The molecule has 0 aliphatic carbocycles. The van der Waals surface area contributed by atoms with Crippen LogP contribution < -0.4 is 0 Å². The highest BCUT2D eigenvalue weighted by Crippen LogP contribution is 2.21. The first-order valence-corrected chi connectivity index (χ1v) is 7.50. The molecule has 3 nitrogen and oxygen atoms in total. The van der Waals surface area contributed by atoms with E-state index in [0.29, 0.717) is 5.88 Å². The first-order valence-electron chi connectivity index (χ1n) is 6.97. The smallest absolute Gasteiger partial charge is 0.148 e. The van der Waals surface area contributed by atoms with E-state index in [9.17, 15) is 0 Å².